The van der Waals surface area contributed by atoms with Crippen molar-refractivity contribution in [1.29, 1.82) is 0 Å². The number of aryl methyl sites for hydroxylation is 1. The Kier molecular flexibility index (Phi) is 11.4. The third kappa shape index (κ3) is 9.71. The number of nitrogens with zero attached hydrogens (tertiary/aromatic N) is 3. The van der Waals surface area contributed by atoms with Gasteiger partial charge in [0.15, 0.2) is 5.96 Å². The van der Waals surface area contributed by atoms with Crippen LogP contribution < -0.4 is 10.6 Å². The van der Waals surface area contributed by atoms with Gasteiger partial charge in [0.25, 0.3) is 0 Å². The van der Waals surface area contributed by atoms with Crippen molar-refractivity contribution in [2.45, 2.75) is 39.5 Å². The molecule has 0 fully saturated rings. The molecular formula is C15H30IN5. The Morgan fingerprint density at radius 3 is 2.57 bits per heavy atom. The Balaban J connectivity index is 0.00000400. The molecule has 1 rings (SSSR count). The summed E-state index contributed by atoms with van der Waals surface area (Å²) < 4.78 is 1.83. The lowest BCUT2D eigenvalue weighted by Crippen LogP contribution is -2.38. The van der Waals surface area contributed by atoms with Gasteiger partial charge >= 0.3 is 0 Å². The first-order valence-corrected chi connectivity index (χ1v) is 7.54. The molecule has 0 radical (unpaired) electrons. The topological polar surface area (TPSA) is 54.2 Å². The van der Waals surface area contributed by atoms with E-state index in [4.69, 9.17) is 0 Å². The van der Waals surface area contributed by atoms with Crippen LogP contribution in [0.3, 0.4) is 0 Å². The standard InChI is InChI=1S/C15H29N5.HI/c1-13(2)7-5-6-9-17-15(16-3)18-10-8-14-11-19-20(4)12-14;/h11-13H,5-10H2,1-4H3,(H2,16,17,18);1H. The maximum atomic E-state index is 4.23. The number of rotatable bonds is 8. The Morgan fingerprint density at radius 2 is 2.00 bits per heavy atom. The molecule has 1 heterocycles. The Morgan fingerprint density at radius 1 is 1.29 bits per heavy atom. The van der Waals surface area contributed by atoms with E-state index in [1.165, 1.54) is 24.8 Å². The van der Waals surface area contributed by atoms with Gasteiger partial charge in [0.05, 0.1) is 6.20 Å². The normalized spacial score (nSPS) is 11.4. The van der Waals surface area contributed by atoms with Gasteiger partial charge < -0.3 is 10.6 Å². The Bertz CT molecular complexity index is 401. The number of unbranched alkanes of at least 4 members (excludes halogenated alkanes) is 1. The van der Waals surface area contributed by atoms with Gasteiger partial charge in [0.2, 0.25) is 0 Å². The molecule has 0 bridgehead atoms. The van der Waals surface area contributed by atoms with Crippen LogP contribution >= 0.6 is 24.0 Å². The minimum atomic E-state index is 0. The highest BCUT2D eigenvalue weighted by Crippen LogP contribution is 2.04. The fourth-order valence-corrected chi connectivity index (χ4v) is 2.03. The highest BCUT2D eigenvalue weighted by molar-refractivity contribution is 14.0. The van der Waals surface area contributed by atoms with E-state index >= 15 is 0 Å². The van der Waals surface area contributed by atoms with Gasteiger partial charge in [0.1, 0.15) is 0 Å². The number of aliphatic imine (C=N–C) groups is 1. The zero-order chi connectivity index (χ0) is 14.8. The average molecular weight is 407 g/mol. The first-order chi connectivity index (χ1) is 9.61. The minimum Gasteiger partial charge on any atom is -0.356 e. The van der Waals surface area contributed by atoms with E-state index in [2.05, 4.69) is 34.6 Å². The fourth-order valence-electron chi connectivity index (χ4n) is 2.03. The number of nitrogens with one attached hydrogen (secondary N) is 2. The second-order valence-electron chi connectivity index (χ2n) is 5.59. The molecule has 0 atom stereocenters. The second-order valence-corrected chi connectivity index (χ2v) is 5.59. The second kappa shape index (κ2) is 11.8. The average Bonchev–Trinajstić information content (AvgIpc) is 2.81. The summed E-state index contributed by atoms with van der Waals surface area (Å²) >= 11 is 0. The molecule has 0 amide bonds. The van der Waals surface area contributed by atoms with E-state index < -0.39 is 0 Å². The molecule has 0 aliphatic rings. The predicted molar refractivity (Wildman–Crippen MR) is 100 cm³/mol. The van der Waals surface area contributed by atoms with Crippen LogP contribution in [-0.2, 0) is 13.5 Å². The van der Waals surface area contributed by atoms with Gasteiger partial charge in [-0.2, -0.15) is 5.10 Å². The summed E-state index contributed by atoms with van der Waals surface area (Å²) in [6.07, 6.45) is 8.68. The molecular weight excluding hydrogens is 377 g/mol. The van der Waals surface area contributed by atoms with Crippen LogP contribution in [0.5, 0.6) is 0 Å². The molecule has 0 aliphatic carbocycles. The quantitative estimate of drug-likeness (QED) is 0.302. The van der Waals surface area contributed by atoms with Crippen LogP contribution in [-0.4, -0.2) is 35.9 Å². The third-order valence-corrected chi connectivity index (χ3v) is 3.19. The van der Waals surface area contributed by atoms with Gasteiger partial charge in [-0.25, -0.2) is 0 Å². The van der Waals surface area contributed by atoms with Crippen LogP contribution in [0.4, 0.5) is 0 Å². The van der Waals surface area contributed by atoms with E-state index in [0.717, 1.165) is 31.4 Å². The zero-order valence-electron chi connectivity index (χ0n) is 13.7. The lowest BCUT2D eigenvalue weighted by Gasteiger charge is -2.11. The van der Waals surface area contributed by atoms with Gasteiger partial charge in [-0.15, -0.1) is 24.0 Å². The molecule has 122 valence electrons. The molecule has 0 spiro atoms. The monoisotopic (exact) mass is 407 g/mol. The Hall–Kier alpha value is -0.790. The molecule has 1 aromatic rings. The van der Waals surface area contributed by atoms with Crippen molar-refractivity contribution in [3.63, 3.8) is 0 Å². The molecule has 21 heavy (non-hydrogen) atoms. The summed E-state index contributed by atoms with van der Waals surface area (Å²) in [5, 5.41) is 10.8. The van der Waals surface area contributed by atoms with Crippen molar-refractivity contribution in [2.75, 3.05) is 20.1 Å². The van der Waals surface area contributed by atoms with Gasteiger partial charge in [-0.3, -0.25) is 9.67 Å². The number of guanidine groups is 1. The first kappa shape index (κ1) is 20.2. The zero-order valence-corrected chi connectivity index (χ0v) is 16.1. The predicted octanol–water partition coefficient (Wildman–Crippen LogP) is 2.57. The van der Waals surface area contributed by atoms with Crippen molar-refractivity contribution in [3.8, 4) is 0 Å². The van der Waals surface area contributed by atoms with Gasteiger partial charge in [0, 0.05) is 33.4 Å². The summed E-state index contributed by atoms with van der Waals surface area (Å²) in [4.78, 5) is 4.23. The van der Waals surface area contributed by atoms with Gasteiger partial charge in [-0.1, -0.05) is 26.7 Å². The minimum absolute atomic E-state index is 0. The molecule has 0 aromatic carbocycles. The summed E-state index contributed by atoms with van der Waals surface area (Å²) in [5.74, 6) is 1.69. The highest BCUT2D eigenvalue weighted by atomic mass is 127. The first-order valence-electron chi connectivity index (χ1n) is 7.54. The van der Waals surface area contributed by atoms with E-state index in [9.17, 15) is 0 Å². The molecule has 6 heteroatoms. The fraction of sp³-hybridized carbons (Fsp3) is 0.733. The smallest absolute Gasteiger partial charge is 0.190 e. The number of hydrogen-bond donors (Lipinski definition) is 2. The van der Waals surface area contributed by atoms with Crippen LogP contribution in [0.25, 0.3) is 0 Å². The number of hydrogen-bond acceptors (Lipinski definition) is 2. The molecule has 1 aromatic heterocycles. The molecule has 0 aliphatic heterocycles. The molecule has 2 N–H and O–H groups in total. The van der Waals surface area contributed by atoms with Crippen LogP contribution in [0.1, 0.15) is 38.7 Å². The van der Waals surface area contributed by atoms with Crippen molar-refractivity contribution in [3.05, 3.63) is 18.0 Å². The molecule has 0 saturated heterocycles. The number of halogens is 1. The van der Waals surface area contributed by atoms with E-state index in [1.807, 2.05) is 31.2 Å². The molecule has 5 nitrogen and oxygen atoms in total. The van der Waals surface area contributed by atoms with Crippen LogP contribution in [0.15, 0.2) is 17.4 Å². The van der Waals surface area contributed by atoms with E-state index in [0.29, 0.717) is 0 Å². The van der Waals surface area contributed by atoms with Gasteiger partial charge in [-0.05, 0) is 24.3 Å². The lowest BCUT2D eigenvalue weighted by molar-refractivity contribution is 0.534. The molecule has 0 saturated carbocycles. The van der Waals surface area contributed by atoms with Crippen molar-refractivity contribution in [2.24, 2.45) is 18.0 Å². The summed E-state index contributed by atoms with van der Waals surface area (Å²) in [5.41, 5.74) is 1.24. The maximum absolute atomic E-state index is 4.23. The summed E-state index contributed by atoms with van der Waals surface area (Å²) in [6, 6.07) is 0. The van der Waals surface area contributed by atoms with Crippen LogP contribution in [0.2, 0.25) is 0 Å². The van der Waals surface area contributed by atoms with Crippen molar-refractivity contribution < 1.29 is 0 Å². The lowest BCUT2D eigenvalue weighted by atomic mass is 10.1. The van der Waals surface area contributed by atoms with Crippen LogP contribution in [0, 0.1) is 5.92 Å². The Labute approximate surface area is 146 Å². The van der Waals surface area contributed by atoms with E-state index in [1.54, 1.807) is 0 Å². The third-order valence-electron chi connectivity index (χ3n) is 3.19. The summed E-state index contributed by atoms with van der Waals surface area (Å²) in [7, 11) is 3.75. The van der Waals surface area contributed by atoms with Crippen molar-refractivity contribution >= 4 is 29.9 Å². The largest absolute Gasteiger partial charge is 0.356 e. The summed E-state index contributed by atoms with van der Waals surface area (Å²) in [6.45, 7) is 6.40. The number of aromatic nitrogens is 2. The molecule has 0 unspecified atom stereocenters. The highest BCUT2D eigenvalue weighted by Gasteiger charge is 1.99. The van der Waals surface area contributed by atoms with Crippen molar-refractivity contribution in [1.82, 2.24) is 20.4 Å². The SMILES string of the molecule is CN=C(NCCCCC(C)C)NCCc1cnn(C)c1.I. The maximum Gasteiger partial charge on any atom is 0.190 e. The van der Waals surface area contributed by atoms with E-state index in [-0.39, 0.29) is 24.0 Å².